The van der Waals surface area contributed by atoms with Crippen molar-refractivity contribution in [2.75, 3.05) is 20.1 Å². The molecular weight excluding hydrogens is 254 g/mol. The van der Waals surface area contributed by atoms with E-state index in [0.29, 0.717) is 17.3 Å². The number of hydrogen-bond acceptors (Lipinski definition) is 3. The Morgan fingerprint density at radius 2 is 2.17 bits per heavy atom. The fourth-order valence-corrected chi connectivity index (χ4v) is 1.44. The Balaban J connectivity index is 2.56. The maximum atomic E-state index is 11.9. The SMILES string of the molecule is CCCNC(=O)CN(C)C(=O)c1ccc(Cl)nc1. The molecule has 0 aliphatic carbocycles. The maximum absolute atomic E-state index is 11.9. The van der Waals surface area contributed by atoms with Gasteiger partial charge in [0.05, 0.1) is 12.1 Å². The summed E-state index contributed by atoms with van der Waals surface area (Å²) < 4.78 is 0. The van der Waals surface area contributed by atoms with Crippen LogP contribution in [0.1, 0.15) is 23.7 Å². The first kappa shape index (κ1) is 14.4. The number of amides is 2. The number of aromatic nitrogens is 1. The molecule has 0 radical (unpaired) electrons. The molecule has 1 aromatic rings. The smallest absolute Gasteiger partial charge is 0.255 e. The second-order valence-corrected chi connectivity index (χ2v) is 4.27. The predicted molar refractivity (Wildman–Crippen MR) is 69.5 cm³/mol. The Kier molecular flexibility index (Phi) is 5.58. The topological polar surface area (TPSA) is 62.3 Å². The van der Waals surface area contributed by atoms with E-state index in [1.807, 2.05) is 6.92 Å². The minimum Gasteiger partial charge on any atom is -0.355 e. The van der Waals surface area contributed by atoms with E-state index in [1.165, 1.54) is 11.1 Å². The zero-order chi connectivity index (χ0) is 13.5. The summed E-state index contributed by atoms with van der Waals surface area (Å²) in [5, 5.41) is 3.04. The van der Waals surface area contributed by atoms with Gasteiger partial charge < -0.3 is 10.2 Å². The molecule has 0 aliphatic heterocycles. The van der Waals surface area contributed by atoms with Crippen LogP contribution in [0.3, 0.4) is 0 Å². The van der Waals surface area contributed by atoms with Crippen molar-refractivity contribution in [1.82, 2.24) is 15.2 Å². The van der Waals surface area contributed by atoms with Crippen LogP contribution >= 0.6 is 11.6 Å². The van der Waals surface area contributed by atoms with Gasteiger partial charge in [0.25, 0.3) is 5.91 Å². The van der Waals surface area contributed by atoms with Crippen LogP contribution in [-0.4, -0.2) is 41.8 Å². The van der Waals surface area contributed by atoms with Gasteiger partial charge in [0.1, 0.15) is 5.15 Å². The van der Waals surface area contributed by atoms with E-state index in [4.69, 9.17) is 11.6 Å². The van der Waals surface area contributed by atoms with Crippen molar-refractivity contribution >= 4 is 23.4 Å². The number of pyridine rings is 1. The van der Waals surface area contributed by atoms with E-state index < -0.39 is 0 Å². The van der Waals surface area contributed by atoms with E-state index in [1.54, 1.807) is 19.2 Å². The average molecular weight is 270 g/mol. The maximum Gasteiger partial charge on any atom is 0.255 e. The number of rotatable bonds is 5. The number of carbonyl (C=O) groups is 2. The third-order valence-corrected chi connectivity index (χ3v) is 2.50. The standard InChI is InChI=1S/C12H16ClN3O2/c1-3-6-14-11(17)8-16(2)12(18)9-4-5-10(13)15-7-9/h4-5,7H,3,6,8H2,1-2H3,(H,14,17). The molecule has 0 saturated carbocycles. The van der Waals surface area contributed by atoms with Gasteiger partial charge in [-0.05, 0) is 18.6 Å². The normalized spacial score (nSPS) is 9.94. The van der Waals surface area contributed by atoms with Crippen LogP contribution in [0.5, 0.6) is 0 Å². The van der Waals surface area contributed by atoms with Crippen LogP contribution in [0, 0.1) is 0 Å². The fraction of sp³-hybridized carbons (Fsp3) is 0.417. The molecule has 6 heteroatoms. The molecule has 0 aliphatic rings. The Morgan fingerprint density at radius 1 is 1.44 bits per heavy atom. The van der Waals surface area contributed by atoms with E-state index in [2.05, 4.69) is 10.3 Å². The lowest BCUT2D eigenvalue weighted by atomic mass is 10.2. The van der Waals surface area contributed by atoms with Crippen molar-refractivity contribution in [3.8, 4) is 0 Å². The van der Waals surface area contributed by atoms with Gasteiger partial charge in [-0.25, -0.2) is 4.98 Å². The highest BCUT2D eigenvalue weighted by molar-refractivity contribution is 6.29. The van der Waals surface area contributed by atoms with Crippen LogP contribution < -0.4 is 5.32 Å². The van der Waals surface area contributed by atoms with Crippen molar-refractivity contribution in [2.24, 2.45) is 0 Å². The second kappa shape index (κ2) is 6.96. The number of hydrogen-bond donors (Lipinski definition) is 1. The third-order valence-electron chi connectivity index (χ3n) is 2.27. The number of nitrogens with zero attached hydrogens (tertiary/aromatic N) is 2. The first-order chi connectivity index (χ1) is 8.54. The molecule has 98 valence electrons. The van der Waals surface area contributed by atoms with Crippen molar-refractivity contribution in [1.29, 1.82) is 0 Å². The molecule has 1 heterocycles. The van der Waals surface area contributed by atoms with Crippen molar-refractivity contribution in [2.45, 2.75) is 13.3 Å². The van der Waals surface area contributed by atoms with E-state index in [-0.39, 0.29) is 18.4 Å². The molecule has 0 bridgehead atoms. The quantitative estimate of drug-likeness (QED) is 0.821. The zero-order valence-corrected chi connectivity index (χ0v) is 11.2. The predicted octanol–water partition coefficient (Wildman–Crippen LogP) is 1.33. The molecular formula is C12H16ClN3O2. The molecule has 0 unspecified atom stereocenters. The van der Waals surface area contributed by atoms with E-state index in [9.17, 15) is 9.59 Å². The van der Waals surface area contributed by atoms with Crippen molar-refractivity contribution < 1.29 is 9.59 Å². The summed E-state index contributed by atoms with van der Waals surface area (Å²) in [4.78, 5) is 28.6. The number of likely N-dealkylation sites (N-methyl/N-ethyl adjacent to an activating group) is 1. The van der Waals surface area contributed by atoms with Gasteiger partial charge in [-0.2, -0.15) is 0 Å². The lowest BCUT2D eigenvalue weighted by Crippen LogP contribution is -2.38. The zero-order valence-electron chi connectivity index (χ0n) is 10.4. The second-order valence-electron chi connectivity index (χ2n) is 3.88. The van der Waals surface area contributed by atoms with E-state index in [0.717, 1.165) is 6.42 Å². The summed E-state index contributed by atoms with van der Waals surface area (Å²) in [5.41, 5.74) is 0.408. The number of halogens is 1. The first-order valence-corrected chi connectivity index (χ1v) is 6.06. The summed E-state index contributed by atoms with van der Waals surface area (Å²) in [6, 6.07) is 3.12. The fourth-order valence-electron chi connectivity index (χ4n) is 1.33. The molecule has 0 spiro atoms. The highest BCUT2D eigenvalue weighted by atomic mass is 35.5. The third kappa shape index (κ3) is 4.33. The van der Waals surface area contributed by atoms with Crippen LogP contribution in [0.25, 0.3) is 0 Å². The summed E-state index contributed by atoms with van der Waals surface area (Å²) in [7, 11) is 1.57. The Labute approximate surface area is 111 Å². The Bertz CT molecular complexity index is 420. The van der Waals surface area contributed by atoms with E-state index >= 15 is 0 Å². The van der Waals surface area contributed by atoms with Gasteiger partial charge in [0, 0.05) is 19.8 Å². The minimum absolute atomic E-state index is 0.0292. The molecule has 1 N–H and O–H groups in total. The molecule has 18 heavy (non-hydrogen) atoms. The van der Waals surface area contributed by atoms with Crippen LogP contribution in [0.4, 0.5) is 0 Å². The lowest BCUT2D eigenvalue weighted by molar-refractivity contribution is -0.121. The van der Waals surface area contributed by atoms with Gasteiger partial charge in [-0.15, -0.1) is 0 Å². The summed E-state index contributed by atoms with van der Waals surface area (Å²) in [6.07, 6.45) is 2.26. The Morgan fingerprint density at radius 3 is 2.72 bits per heavy atom. The first-order valence-electron chi connectivity index (χ1n) is 5.68. The van der Waals surface area contributed by atoms with Crippen LogP contribution in [0.15, 0.2) is 18.3 Å². The van der Waals surface area contributed by atoms with Gasteiger partial charge >= 0.3 is 0 Å². The molecule has 1 aromatic heterocycles. The van der Waals surface area contributed by atoms with Crippen molar-refractivity contribution in [3.63, 3.8) is 0 Å². The van der Waals surface area contributed by atoms with Crippen molar-refractivity contribution in [3.05, 3.63) is 29.0 Å². The molecule has 1 rings (SSSR count). The lowest BCUT2D eigenvalue weighted by Gasteiger charge is -2.16. The van der Waals surface area contributed by atoms with Crippen LogP contribution in [0.2, 0.25) is 5.15 Å². The Hall–Kier alpha value is -1.62. The number of nitrogens with one attached hydrogen (secondary N) is 1. The highest BCUT2D eigenvalue weighted by Crippen LogP contribution is 2.07. The van der Waals surface area contributed by atoms with Gasteiger partial charge in [-0.3, -0.25) is 9.59 Å². The van der Waals surface area contributed by atoms with Crippen LogP contribution in [-0.2, 0) is 4.79 Å². The molecule has 2 amide bonds. The minimum atomic E-state index is -0.259. The molecule has 0 atom stereocenters. The number of carbonyl (C=O) groups excluding carboxylic acids is 2. The molecule has 0 fully saturated rings. The molecule has 0 aromatic carbocycles. The molecule has 0 saturated heterocycles. The summed E-state index contributed by atoms with van der Waals surface area (Å²) in [6.45, 7) is 2.61. The molecule has 5 nitrogen and oxygen atoms in total. The summed E-state index contributed by atoms with van der Waals surface area (Å²) >= 11 is 5.64. The monoisotopic (exact) mass is 269 g/mol. The van der Waals surface area contributed by atoms with Gasteiger partial charge in [0.15, 0.2) is 0 Å². The highest BCUT2D eigenvalue weighted by Gasteiger charge is 2.14. The average Bonchev–Trinajstić information content (AvgIpc) is 2.36. The van der Waals surface area contributed by atoms with Gasteiger partial charge in [-0.1, -0.05) is 18.5 Å². The largest absolute Gasteiger partial charge is 0.355 e. The van der Waals surface area contributed by atoms with Gasteiger partial charge in [0.2, 0.25) is 5.91 Å². The summed E-state index contributed by atoms with van der Waals surface area (Å²) in [5.74, 6) is -0.430.